The normalized spacial score (nSPS) is 26.8. The van der Waals surface area contributed by atoms with Crippen molar-refractivity contribution in [2.24, 2.45) is 5.92 Å². The van der Waals surface area contributed by atoms with E-state index in [9.17, 15) is 0 Å². The highest BCUT2D eigenvalue weighted by Crippen LogP contribution is 2.34. The van der Waals surface area contributed by atoms with Crippen LogP contribution in [0.15, 0.2) is 28.9 Å². The van der Waals surface area contributed by atoms with E-state index in [2.05, 4.69) is 15.0 Å². The number of pyridine rings is 1. The van der Waals surface area contributed by atoms with Gasteiger partial charge >= 0.3 is 0 Å². The van der Waals surface area contributed by atoms with Crippen LogP contribution < -0.4 is 0 Å². The molecule has 6 heteroatoms. The zero-order chi connectivity index (χ0) is 16.5. The van der Waals surface area contributed by atoms with E-state index in [0.29, 0.717) is 18.6 Å². The van der Waals surface area contributed by atoms with Gasteiger partial charge in [-0.3, -0.25) is 9.88 Å². The molecular weight excluding hydrogens is 306 g/mol. The van der Waals surface area contributed by atoms with Gasteiger partial charge in [0.05, 0.1) is 37.3 Å². The second kappa shape index (κ2) is 6.63. The van der Waals surface area contributed by atoms with E-state index in [1.807, 2.05) is 32.0 Å². The van der Waals surface area contributed by atoms with Crippen molar-refractivity contribution in [1.29, 1.82) is 0 Å². The molecule has 24 heavy (non-hydrogen) atoms. The van der Waals surface area contributed by atoms with Crippen molar-refractivity contribution < 1.29 is 14.0 Å². The van der Waals surface area contributed by atoms with Crippen molar-refractivity contribution >= 4 is 0 Å². The van der Waals surface area contributed by atoms with E-state index in [1.165, 1.54) is 5.56 Å². The number of aryl methyl sites for hydroxylation is 2. The van der Waals surface area contributed by atoms with Gasteiger partial charge in [-0.2, -0.15) is 0 Å². The lowest BCUT2D eigenvalue weighted by molar-refractivity contribution is 0.00736. The summed E-state index contributed by atoms with van der Waals surface area (Å²) in [7, 11) is 0. The fourth-order valence-electron chi connectivity index (χ4n) is 3.76. The molecule has 2 fully saturated rings. The minimum Gasteiger partial charge on any atom is -0.379 e. The zero-order valence-electron chi connectivity index (χ0n) is 14.1. The summed E-state index contributed by atoms with van der Waals surface area (Å²) in [5.74, 6) is 1.33. The SMILES string of the molecule is Cc1noc(C)c1CN1C[C@H](OCc2ccccn2)[C@H]2COC[C@H]21. The van der Waals surface area contributed by atoms with E-state index >= 15 is 0 Å². The summed E-state index contributed by atoms with van der Waals surface area (Å²) in [6, 6.07) is 6.32. The molecule has 0 aliphatic carbocycles. The average molecular weight is 329 g/mol. The van der Waals surface area contributed by atoms with Gasteiger partial charge in [0.15, 0.2) is 0 Å². The van der Waals surface area contributed by atoms with Crippen LogP contribution in [-0.4, -0.2) is 46.9 Å². The van der Waals surface area contributed by atoms with E-state index in [-0.39, 0.29) is 6.10 Å². The Morgan fingerprint density at radius 2 is 2.21 bits per heavy atom. The molecule has 2 saturated heterocycles. The number of hydrogen-bond acceptors (Lipinski definition) is 6. The van der Waals surface area contributed by atoms with Crippen LogP contribution in [0.5, 0.6) is 0 Å². The van der Waals surface area contributed by atoms with Gasteiger partial charge < -0.3 is 14.0 Å². The first-order valence-electron chi connectivity index (χ1n) is 8.47. The Morgan fingerprint density at radius 1 is 1.29 bits per heavy atom. The molecule has 4 rings (SSSR count). The zero-order valence-corrected chi connectivity index (χ0v) is 14.1. The van der Waals surface area contributed by atoms with Gasteiger partial charge in [0, 0.05) is 36.8 Å². The molecule has 2 aliphatic heterocycles. The van der Waals surface area contributed by atoms with Crippen LogP contribution >= 0.6 is 0 Å². The van der Waals surface area contributed by atoms with Gasteiger partial charge in [-0.05, 0) is 26.0 Å². The van der Waals surface area contributed by atoms with Gasteiger partial charge in [0.25, 0.3) is 0 Å². The first-order chi connectivity index (χ1) is 11.7. The summed E-state index contributed by atoms with van der Waals surface area (Å²) >= 11 is 0. The van der Waals surface area contributed by atoms with Crippen LogP contribution in [-0.2, 0) is 22.6 Å². The Labute approximate surface area is 141 Å². The first kappa shape index (κ1) is 15.7. The van der Waals surface area contributed by atoms with Crippen LogP contribution in [0.4, 0.5) is 0 Å². The molecule has 0 bridgehead atoms. The molecule has 0 unspecified atom stereocenters. The molecular formula is C18H23N3O3. The number of fused-ring (bicyclic) bond motifs is 1. The number of ether oxygens (including phenoxy) is 2. The summed E-state index contributed by atoms with van der Waals surface area (Å²) in [4.78, 5) is 6.79. The van der Waals surface area contributed by atoms with Gasteiger partial charge in [0.1, 0.15) is 5.76 Å². The Hall–Kier alpha value is -1.76. The van der Waals surface area contributed by atoms with Crippen LogP contribution in [0.25, 0.3) is 0 Å². The minimum absolute atomic E-state index is 0.181. The molecule has 3 atom stereocenters. The van der Waals surface area contributed by atoms with Gasteiger partial charge in [-0.15, -0.1) is 0 Å². The van der Waals surface area contributed by atoms with E-state index in [0.717, 1.165) is 43.5 Å². The second-order valence-electron chi connectivity index (χ2n) is 6.67. The van der Waals surface area contributed by atoms with Crippen molar-refractivity contribution in [2.45, 2.75) is 39.1 Å². The molecule has 6 nitrogen and oxygen atoms in total. The highest BCUT2D eigenvalue weighted by Gasteiger charge is 2.46. The Kier molecular flexibility index (Phi) is 4.35. The maximum Gasteiger partial charge on any atom is 0.138 e. The molecule has 2 aromatic rings. The van der Waals surface area contributed by atoms with Crippen molar-refractivity contribution in [2.75, 3.05) is 19.8 Å². The molecule has 128 valence electrons. The van der Waals surface area contributed by atoms with Crippen LogP contribution in [0.2, 0.25) is 0 Å². The van der Waals surface area contributed by atoms with E-state index in [4.69, 9.17) is 14.0 Å². The van der Waals surface area contributed by atoms with Gasteiger partial charge in [0.2, 0.25) is 0 Å². The molecule has 0 radical (unpaired) electrons. The maximum absolute atomic E-state index is 6.19. The highest BCUT2D eigenvalue weighted by atomic mass is 16.5. The number of rotatable bonds is 5. The molecule has 2 aromatic heterocycles. The van der Waals surface area contributed by atoms with Crippen molar-refractivity contribution in [1.82, 2.24) is 15.0 Å². The largest absolute Gasteiger partial charge is 0.379 e. The van der Waals surface area contributed by atoms with E-state index in [1.54, 1.807) is 6.20 Å². The lowest BCUT2D eigenvalue weighted by atomic mass is 10.0. The lowest BCUT2D eigenvalue weighted by Crippen LogP contribution is -2.32. The molecule has 4 heterocycles. The molecule has 0 amide bonds. The Balaban J connectivity index is 1.44. The quantitative estimate of drug-likeness (QED) is 0.837. The van der Waals surface area contributed by atoms with Crippen LogP contribution in [0.3, 0.4) is 0 Å². The summed E-state index contributed by atoms with van der Waals surface area (Å²) in [6.45, 7) is 7.83. The third-order valence-electron chi connectivity index (χ3n) is 5.17. The topological polar surface area (TPSA) is 60.6 Å². The summed E-state index contributed by atoms with van der Waals surface area (Å²) in [5, 5.41) is 4.07. The van der Waals surface area contributed by atoms with E-state index < -0.39 is 0 Å². The summed E-state index contributed by atoms with van der Waals surface area (Å²) in [5.41, 5.74) is 3.13. The molecule has 0 spiro atoms. The minimum atomic E-state index is 0.181. The fraction of sp³-hybridized carbons (Fsp3) is 0.556. The van der Waals surface area contributed by atoms with Crippen LogP contribution in [0, 0.1) is 19.8 Å². The standard InChI is InChI=1S/C18H23N3O3/c1-12-15(13(2)24-20-12)7-21-8-18(16-10-22-11-17(16)21)23-9-14-5-3-4-6-19-14/h3-6,16-18H,7-11H2,1-2H3/t16-,17+,18-/m0/s1. The van der Waals surface area contributed by atoms with Crippen molar-refractivity contribution in [3.63, 3.8) is 0 Å². The smallest absolute Gasteiger partial charge is 0.138 e. The van der Waals surface area contributed by atoms with Crippen LogP contribution in [0.1, 0.15) is 22.7 Å². The maximum atomic E-state index is 6.19. The Morgan fingerprint density at radius 3 is 2.96 bits per heavy atom. The highest BCUT2D eigenvalue weighted by molar-refractivity contribution is 5.21. The van der Waals surface area contributed by atoms with Crippen molar-refractivity contribution in [3.8, 4) is 0 Å². The monoisotopic (exact) mass is 329 g/mol. The molecule has 0 aromatic carbocycles. The number of hydrogen-bond donors (Lipinski definition) is 0. The third kappa shape index (κ3) is 2.97. The molecule has 0 N–H and O–H groups in total. The van der Waals surface area contributed by atoms with Gasteiger partial charge in [-0.1, -0.05) is 11.2 Å². The Bertz CT molecular complexity index is 669. The first-order valence-corrected chi connectivity index (χ1v) is 8.47. The second-order valence-corrected chi connectivity index (χ2v) is 6.67. The summed E-state index contributed by atoms with van der Waals surface area (Å²) < 4.78 is 17.2. The number of likely N-dealkylation sites (tertiary alicyclic amines) is 1. The molecule has 2 aliphatic rings. The third-order valence-corrected chi connectivity index (χ3v) is 5.17. The number of nitrogens with zero attached hydrogens (tertiary/aromatic N) is 3. The predicted molar refractivity (Wildman–Crippen MR) is 87.3 cm³/mol. The lowest BCUT2D eigenvalue weighted by Gasteiger charge is -2.21. The predicted octanol–water partition coefficient (Wildman–Crippen LogP) is 2.10. The van der Waals surface area contributed by atoms with Gasteiger partial charge in [-0.25, -0.2) is 0 Å². The average Bonchev–Trinajstić information content (AvgIpc) is 3.27. The van der Waals surface area contributed by atoms with Crippen molar-refractivity contribution in [3.05, 3.63) is 47.1 Å². The molecule has 0 saturated carbocycles. The summed E-state index contributed by atoms with van der Waals surface area (Å²) in [6.07, 6.45) is 1.98. The number of aromatic nitrogens is 2. The fourth-order valence-corrected chi connectivity index (χ4v) is 3.76.